The maximum atomic E-state index is 13.0. The Morgan fingerprint density at radius 3 is 2.03 bits per heavy atom. The van der Waals surface area contributed by atoms with Crippen LogP contribution in [0, 0.1) is 6.92 Å². The predicted molar refractivity (Wildman–Crippen MR) is 123 cm³/mol. The fraction of sp³-hybridized carbons (Fsp3) is 0.400. The van der Waals surface area contributed by atoms with E-state index in [9.17, 15) is 14.4 Å². The van der Waals surface area contributed by atoms with Gasteiger partial charge in [-0.15, -0.1) is 0 Å². The molecule has 1 heterocycles. The summed E-state index contributed by atoms with van der Waals surface area (Å²) in [6, 6.07) is 12.3. The number of benzene rings is 2. The Kier molecular flexibility index (Phi) is 6.48. The molecule has 1 aliphatic rings. The Balaban J connectivity index is 1.82. The summed E-state index contributed by atoms with van der Waals surface area (Å²) in [5.74, 6) is -0.307. The number of aryl methyl sites for hydroxylation is 1. The van der Waals surface area contributed by atoms with Crippen molar-refractivity contribution >= 4 is 29.2 Å². The van der Waals surface area contributed by atoms with Crippen LogP contribution in [0.5, 0.6) is 0 Å². The lowest BCUT2D eigenvalue weighted by Gasteiger charge is -2.21. The van der Waals surface area contributed by atoms with Gasteiger partial charge in [0.1, 0.15) is 12.6 Å². The molecule has 2 aromatic rings. The third-order valence-corrected chi connectivity index (χ3v) is 5.70. The van der Waals surface area contributed by atoms with E-state index in [4.69, 9.17) is 0 Å². The third kappa shape index (κ3) is 4.48. The van der Waals surface area contributed by atoms with Crippen molar-refractivity contribution in [3.05, 3.63) is 59.2 Å². The number of nitrogens with zero attached hydrogens (tertiary/aromatic N) is 2. The minimum absolute atomic E-state index is 0.223. The van der Waals surface area contributed by atoms with E-state index in [2.05, 4.69) is 33.0 Å². The molecule has 1 saturated heterocycles. The summed E-state index contributed by atoms with van der Waals surface area (Å²) in [5, 5.41) is 2.98. The summed E-state index contributed by atoms with van der Waals surface area (Å²) < 4.78 is 0. The molecule has 4 amide bonds. The number of carbonyl (C=O) groups is 3. The molecule has 3 rings (SSSR count). The van der Waals surface area contributed by atoms with Crippen molar-refractivity contribution in [3.8, 4) is 0 Å². The highest BCUT2D eigenvalue weighted by molar-refractivity contribution is 6.16. The first-order valence-corrected chi connectivity index (χ1v) is 10.8. The van der Waals surface area contributed by atoms with E-state index in [1.165, 1.54) is 4.90 Å². The quantitative estimate of drug-likeness (QED) is 0.665. The molecule has 31 heavy (non-hydrogen) atoms. The number of urea groups is 1. The third-order valence-electron chi connectivity index (χ3n) is 5.70. The Bertz CT molecular complexity index is 969. The summed E-state index contributed by atoms with van der Waals surface area (Å²) >= 11 is 0. The number of hydrogen-bond donors (Lipinski definition) is 1. The van der Waals surface area contributed by atoms with E-state index in [1.54, 1.807) is 6.92 Å². The highest BCUT2D eigenvalue weighted by Crippen LogP contribution is 2.32. The maximum Gasteiger partial charge on any atom is 0.332 e. The van der Waals surface area contributed by atoms with Gasteiger partial charge in [-0.1, -0.05) is 63.6 Å². The van der Waals surface area contributed by atoms with Crippen molar-refractivity contribution in [1.82, 2.24) is 4.90 Å². The summed E-state index contributed by atoms with van der Waals surface area (Å²) in [5.41, 5.74) is 4.56. The number of imide groups is 1. The normalized spacial score (nSPS) is 16.6. The van der Waals surface area contributed by atoms with Gasteiger partial charge in [-0.05, 0) is 48.9 Å². The molecular formula is C25H31N3O3. The molecule has 1 N–H and O–H groups in total. The lowest BCUT2D eigenvalue weighted by atomic mass is 9.92. The molecule has 2 aromatic carbocycles. The Morgan fingerprint density at radius 2 is 1.52 bits per heavy atom. The number of hydrogen-bond acceptors (Lipinski definition) is 3. The molecule has 0 aromatic heterocycles. The van der Waals surface area contributed by atoms with Crippen LogP contribution in [-0.4, -0.2) is 35.3 Å². The van der Waals surface area contributed by atoms with E-state index in [-0.39, 0.29) is 30.2 Å². The van der Waals surface area contributed by atoms with Gasteiger partial charge in [0.15, 0.2) is 0 Å². The molecule has 0 bridgehead atoms. The molecule has 1 unspecified atom stereocenters. The first-order chi connectivity index (χ1) is 14.6. The highest BCUT2D eigenvalue weighted by Gasteiger charge is 2.44. The molecule has 6 nitrogen and oxygen atoms in total. The van der Waals surface area contributed by atoms with Gasteiger partial charge in [0.2, 0.25) is 5.91 Å². The molecular weight excluding hydrogens is 390 g/mol. The number of rotatable bonds is 6. The van der Waals surface area contributed by atoms with Gasteiger partial charge in [0, 0.05) is 11.4 Å². The zero-order valence-corrected chi connectivity index (χ0v) is 19.1. The topological polar surface area (TPSA) is 69.7 Å². The molecule has 6 heteroatoms. The maximum absolute atomic E-state index is 13.0. The van der Waals surface area contributed by atoms with Crippen LogP contribution in [0.25, 0.3) is 0 Å². The number of nitrogens with one attached hydrogen (secondary N) is 1. The SMILES string of the molecule is Cc1ccc(N2C(=O)N(CC(=O)Nc3c(C(C)C)cccc3C(C)C)C(=O)C2C)cc1. The molecule has 0 aliphatic carbocycles. The molecule has 164 valence electrons. The zero-order valence-electron chi connectivity index (χ0n) is 19.1. The van der Waals surface area contributed by atoms with Gasteiger partial charge < -0.3 is 5.32 Å². The van der Waals surface area contributed by atoms with Gasteiger partial charge in [-0.2, -0.15) is 0 Å². The van der Waals surface area contributed by atoms with Gasteiger partial charge in [-0.25, -0.2) is 4.79 Å². The number of anilines is 2. The van der Waals surface area contributed by atoms with Crippen molar-refractivity contribution in [3.63, 3.8) is 0 Å². The van der Waals surface area contributed by atoms with E-state index >= 15 is 0 Å². The van der Waals surface area contributed by atoms with Gasteiger partial charge >= 0.3 is 6.03 Å². The minimum Gasteiger partial charge on any atom is -0.324 e. The van der Waals surface area contributed by atoms with Gasteiger partial charge in [-0.3, -0.25) is 19.4 Å². The fourth-order valence-electron chi connectivity index (χ4n) is 3.93. The summed E-state index contributed by atoms with van der Waals surface area (Å²) in [4.78, 5) is 41.2. The summed E-state index contributed by atoms with van der Waals surface area (Å²) in [6.07, 6.45) is 0. The van der Waals surface area contributed by atoms with E-state index in [0.717, 1.165) is 27.3 Å². The lowest BCUT2D eigenvalue weighted by Crippen LogP contribution is -2.39. The number of amides is 4. The largest absolute Gasteiger partial charge is 0.332 e. The lowest BCUT2D eigenvalue weighted by molar-refractivity contribution is -0.130. The van der Waals surface area contributed by atoms with Crippen molar-refractivity contribution < 1.29 is 14.4 Å². The average Bonchev–Trinajstić information content (AvgIpc) is 2.92. The van der Waals surface area contributed by atoms with Crippen LogP contribution in [0.2, 0.25) is 0 Å². The molecule has 0 spiro atoms. The van der Waals surface area contributed by atoms with E-state index < -0.39 is 12.1 Å². The van der Waals surface area contributed by atoms with Crippen LogP contribution in [-0.2, 0) is 9.59 Å². The number of carbonyl (C=O) groups excluding carboxylic acids is 3. The Labute approximate surface area is 184 Å². The average molecular weight is 422 g/mol. The van der Waals surface area contributed by atoms with Crippen LogP contribution in [0.3, 0.4) is 0 Å². The standard InChI is InChI=1S/C25H31N3O3/c1-15(2)20-8-7-9-21(16(3)4)23(20)26-22(29)14-27-24(30)18(6)28(25(27)31)19-12-10-17(5)11-13-19/h7-13,15-16,18H,14H2,1-6H3,(H,26,29). The van der Waals surface area contributed by atoms with Crippen LogP contribution in [0.1, 0.15) is 63.1 Å². The molecule has 0 radical (unpaired) electrons. The molecule has 1 atom stereocenters. The van der Waals surface area contributed by atoms with Crippen LogP contribution in [0.4, 0.5) is 16.2 Å². The second-order valence-corrected chi connectivity index (χ2v) is 8.76. The number of para-hydroxylation sites is 1. The predicted octanol–water partition coefficient (Wildman–Crippen LogP) is 5.04. The van der Waals surface area contributed by atoms with Crippen molar-refractivity contribution in [2.75, 3.05) is 16.8 Å². The van der Waals surface area contributed by atoms with Gasteiger partial charge in [0.05, 0.1) is 0 Å². The monoisotopic (exact) mass is 421 g/mol. The van der Waals surface area contributed by atoms with Gasteiger partial charge in [0.25, 0.3) is 5.91 Å². The second-order valence-electron chi connectivity index (χ2n) is 8.76. The fourth-order valence-corrected chi connectivity index (χ4v) is 3.93. The van der Waals surface area contributed by atoms with Crippen molar-refractivity contribution in [2.45, 2.75) is 59.4 Å². The van der Waals surface area contributed by atoms with E-state index in [0.29, 0.717) is 5.69 Å². The summed E-state index contributed by atoms with van der Waals surface area (Å²) in [6.45, 7) is 11.6. The van der Waals surface area contributed by atoms with Crippen molar-refractivity contribution in [2.24, 2.45) is 0 Å². The molecule has 1 aliphatic heterocycles. The molecule has 0 saturated carbocycles. The zero-order chi connectivity index (χ0) is 22.9. The highest BCUT2D eigenvalue weighted by atomic mass is 16.2. The minimum atomic E-state index is -0.655. The first-order valence-electron chi connectivity index (χ1n) is 10.8. The molecule has 1 fully saturated rings. The van der Waals surface area contributed by atoms with Crippen LogP contribution < -0.4 is 10.2 Å². The van der Waals surface area contributed by atoms with Crippen LogP contribution in [0.15, 0.2) is 42.5 Å². The first kappa shape index (κ1) is 22.5. The Morgan fingerprint density at radius 1 is 0.968 bits per heavy atom. The Hall–Kier alpha value is -3.15. The smallest absolute Gasteiger partial charge is 0.324 e. The second kappa shape index (κ2) is 8.92. The van der Waals surface area contributed by atoms with Crippen LogP contribution >= 0.6 is 0 Å². The van der Waals surface area contributed by atoms with E-state index in [1.807, 2.05) is 49.4 Å². The summed E-state index contributed by atoms with van der Waals surface area (Å²) in [7, 11) is 0. The van der Waals surface area contributed by atoms with Crippen molar-refractivity contribution in [1.29, 1.82) is 0 Å².